The fraction of sp³-hybridized carbons (Fsp3) is 0.923. The second-order valence-electron chi connectivity index (χ2n) is 5.24. The Balaban J connectivity index is 3.66. The van der Waals surface area contributed by atoms with Crippen LogP contribution in [-0.4, -0.2) is 17.5 Å². The van der Waals surface area contributed by atoms with Gasteiger partial charge < -0.3 is 11.1 Å². The van der Waals surface area contributed by atoms with Crippen LogP contribution in [0.4, 0.5) is 0 Å². The van der Waals surface area contributed by atoms with E-state index in [4.69, 9.17) is 5.73 Å². The van der Waals surface area contributed by atoms with E-state index in [2.05, 4.69) is 19.2 Å². The maximum Gasteiger partial charge on any atom is 0.237 e. The second kappa shape index (κ2) is 7.66. The SMILES string of the molecule is CCCCCCCC(C)NC(C)(C)C(N)=O. The molecule has 0 rings (SSSR count). The summed E-state index contributed by atoms with van der Waals surface area (Å²) in [6.45, 7) is 8.01. The fourth-order valence-electron chi connectivity index (χ4n) is 1.81. The van der Waals surface area contributed by atoms with E-state index in [0.717, 1.165) is 6.42 Å². The molecule has 0 spiro atoms. The van der Waals surface area contributed by atoms with Crippen LogP contribution in [0.5, 0.6) is 0 Å². The van der Waals surface area contributed by atoms with Gasteiger partial charge in [0, 0.05) is 6.04 Å². The predicted molar refractivity (Wildman–Crippen MR) is 69.2 cm³/mol. The number of nitrogens with one attached hydrogen (secondary N) is 1. The van der Waals surface area contributed by atoms with Crippen LogP contribution in [0.1, 0.15) is 66.2 Å². The van der Waals surface area contributed by atoms with Crippen LogP contribution in [0.2, 0.25) is 0 Å². The smallest absolute Gasteiger partial charge is 0.237 e. The summed E-state index contributed by atoms with van der Waals surface area (Å²) in [7, 11) is 0. The van der Waals surface area contributed by atoms with Crippen molar-refractivity contribution < 1.29 is 4.79 Å². The highest BCUT2D eigenvalue weighted by Gasteiger charge is 2.25. The van der Waals surface area contributed by atoms with Gasteiger partial charge in [-0.15, -0.1) is 0 Å². The maximum atomic E-state index is 11.1. The van der Waals surface area contributed by atoms with Gasteiger partial charge in [-0.25, -0.2) is 0 Å². The zero-order valence-electron chi connectivity index (χ0n) is 11.3. The van der Waals surface area contributed by atoms with Gasteiger partial charge in [0.1, 0.15) is 0 Å². The average Bonchev–Trinajstić information content (AvgIpc) is 2.16. The van der Waals surface area contributed by atoms with Gasteiger partial charge >= 0.3 is 0 Å². The van der Waals surface area contributed by atoms with E-state index in [1.165, 1.54) is 32.1 Å². The fourth-order valence-corrected chi connectivity index (χ4v) is 1.81. The monoisotopic (exact) mass is 228 g/mol. The standard InChI is InChI=1S/C13H28N2O/c1-5-6-7-8-9-10-11(2)15-13(3,4)12(14)16/h11,15H,5-10H2,1-4H3,(H2,14,16). The van der Waals surface area contributed by atoms with Crippen LogP contribution in [0.25, 0.3) is 0 Å². The first kappa shape index (κ1) is 15.4. The number of amides is 1. The molecule has 0 aromatic rings. The second-order valence-corrected chi connectivity index (χ2v) is 5.24. The van der Waals surface area contributed by atoms with E-state index in [9.17, 15) is 4.79 Å². The molecule has 0 heterocycles. The summed E-state index contributed by atoms with van der Waals surface area (Å²) in [5.74, 6) is -0.287. The lowest BCUT2D eigenvalue weighted by Crippen LogP contribution is -2.53. The van der Waals surface area contributed by atoms with Crippen LogP contribution in [0.15, 0.2) is 0 Å². The Hall–Kier alpha value is -0.570. The molecule has 3 nitrogen and oxygen atoms in total. The van der Waals surface area contributed by atoms with Crippen molar-refractivity contribution in [2.75, 3.05) is 0 Å². The molecule has 0 fully saturated rings. The Bertz CT molecular complexity index is 202. The molecule has 0 radical (unpaired) electrons. The molecule has 0 aliphatic heterocycles. The van der Waals surface area contributed by atoms with E-state index >= 15 is 0 Å². The van der Waals surface area contributed by atoms with Gasteiger partial charge in [-0.3, -0.25) is 4.79 Å². The average molecular weight is 228 g/mol. The summed E-state index contributed by atoms with van der Waals surface area (Å²) >= 11 is 0. The summed E-state index contributed by atoms with van der Waals surface area (Å²) in [4.78, 5) is 11.1. The molecule has 96 valence electrons. The quantitative estimate of drug-likeness (QED) is 0.596. The molecule has 0 aliphatic rings. The number of rotatable bonds is 9. The number of hydrogen-bond donors (Lipinski definition) is 2. The minimum Gasteiger partial charge on any atom is -0.368 e. The van der Waals surface area contributed by atoms with Crippen molar-refractivity contribution in [1.29, 1.82) is 0 Å². The normalized spacial score (nSPS) is 13.8. The van der Waals surface area contributed by atoms with Gasteiger partial charge in [0.15, 0.2) is 0 Å². The Labute approximate surface area is 100 Å². The Morgan fingerprint density at radius 1 is 1.25 bits per heavy atom. The van der Waals surface area contributed by atoms with Crippen molar-refractivity contribution in [2.45, 2.75) is 77.8 Å². The van der Waals surface area contributed by atoms with E-state index in [0.29, 0.717) is 6.04 Å². The third kappa shape index (κ3) is 6.83. The molecule has 0 saturated carbocycles. The van der Waals surface area contributed by atoms with Gasteiger partial charge in [-0.05, 0) is 27.2 Å². The van der Waals surface area contributed by atoms with Crippen molar-refractivity contribution in [3.05, 3.63) is 0 Å². The molecule has 0 saturated heterocycles. The topological polar surface area (TPSA) is 55.1 Å². The molecular formula is C13H28N2O. The summed E-state index contributed by atoms with van der Waals surface area (Å²) < 4.78 is 0. The van der Waals surface area contributed by atoms with Crippen LogP contribution in [0, 0.1) is 0 Å². The number of hydrogen-bond acceptors (Lipinski definition) is 2. The van der Waals surface area contributed by atoms with Gasteiger partial charge in [0.25, 0.3) is 0 Å². The van der Waals surface area contributed by atoms with E-state index in [1.54, 1.807) is 0 Å². The minimum absolute atomic E-state index is 0.287. The van der Waals surface area contributed by atoms with E-state index in [1.807, 2.05) is 13.8 Å². The first-order chi connectivity index (χ1) is 7.40. The lowest BCUT2D eigenvalue weighted by molar-refractivity contribution is -0.123. The number of carbonyl (C=O) groups excluding carboxylic acids is 1. The molecule has 0 aliphatic carbocycles. The highest BCUT2D eigenvalue weighted by atomic mass is 16.1. The number of carbonyl (C=O) groups is 1. The first-order valence-corrected chi connectivity index (χ1v) is 6.47. The summed E-state index contributed by atoms with van der Waals surface area (Å²) in [5, 5.41) is 3.27. The summed E-state index contributed by atoms with van der Waals surface area (Å²) in [6.07, 6.45) is 7.56. The highest BCUT2D eigenvalue weighted by Crippen LogP contribution is 2.10. The Morgan fingerprint density at radius 3 is 2.31 bits per heavy atom. The van der Waals surface area contributed by atoms with Crippen molar-refractivity contribution in [1.82, 2.24) is 5.32 Å². The molecule has 1 atom stereocenters. The van der Waals surface area contributed by atoms with Gasteiger partial charge in [-0.1, -0.05) is 39.0 Å². The summed E-state index contributed by atoms with van der Waals surface area (Å²) in [6, 6.07) is 0.351. The molecule has 16 heavy (non-hydrogen) atoms. The lowest BCUT2D eigenvalue weighted by Gasteiger charge is -2.27. The van der Waals surface area contributed by atoms with E-state index < -0.39 is 5.54 Å². The van der Waals surface area contributed by atoms with Gasteiger partial charge in [0.05, 0.1) is 5.54 Å². The van der Waals surface area contributed by atoms with Crippen molar-refractivity contribution in [3.8, 4) is 0 Å². The van der Waals surface area contributed by atoms with Crippen LogP contribution in [-0.2, 0) is 4.79 Å². The number of nitrogens with two attached hydrogens (primary N) is 1. The lowest BCUT2D eigenvalue weighted by atomic mass is 10.0. The van der Waals surface area contributed by atoms with Crippen LogP contribution < -0.4 is 11.1 Å². The third-order valence-electron chi connectivity index (χ3n) is 2.96. The first-order valence-electron chi connectivity index (χ1n) is 6.47. The zero-order valence-corrected chi connectivity index (χ0v) is 11.3. The molecule has 3 heteroatoms. The minimum atomic E-state index is -0.594. The third-order valence-corrected chi connectivity index (χ3v) is 2.96. The van der Waals surface area contributed by atoms with Crippen LogP contribution >= 0.6 is 0 Å². The number of primary amides is 1. The Morgan fingerprint density at radius 2 is 1.81 bits per heavy atom. The van der Waals surface area contributed by atoms with Gasteiger partial charge in [0.2, 0.25) is 5.91 Å². The van der Waals surface area contributed by atoms with Gasteiger partial charge in [-0.2, -0.15) is 0 Å². The van der Waals surface area contributed by atoms with Crippen molar-refractivity contribution in [3.63, 3.8) is 0 Å². The molecule has 1 amide bonds. The number of unbranched alkanes of at least 4 members (excludes halogenated alkanes) is 4. The molecule has 0 bridgehead atoms. The zero-order chi connectivity index (χ0) is 12.6. The molecular weight excluding hydrogens is 200 g/mol. The predicted octanol–water partition coefficient (Wildman–Crippen LogP) is 2.59. The molecule has 3 N–H and O–H groups in total. The largest absolute Gasteiger partial charge is 0.368 e. The summed E-state index contributed by atoms with van der Waals surface area (Å²) in [5.41, 5.74) is 4.72. The highest BCUT2D eigenvalue weighted by molar-refractivity contribution is 5.83. The molecule has 1 unspecified atom stereocenters. The Kier molecular flexibility index (Phi) is 7.39. The van der Waals surface area contributed by atoms with E-state index in [-0.39, 0.29) is 5.91 Å². The molecule has 0 aromatic heterocycles. The van der Waals surface area contributed by atoms with Crippen LogP contribution in [0.3, 0.4) is 0 Å². The van der Waals surface area contributed by atoms with Crippen molar-refractivity contribution in [2.24, 2.45) is 5.73 Å². The molecule has 0 aromatic carbocycles. The van der Waals surface area contributed by atoms with Crippen molar-refractivity contribution >= 4 is 5.91 Å². The maximum absolute atomic E-state index is 11.1.